The lowest BCUT2D eigenvalue weighted by atomic mass is 10.0. The van der Waals surface area contributed by atoms with Crippen LogP contribution >= 0.6 is 0 Å². The summed E-state index contributed by atoms with van der Waals surface area (Å²) in [6.45, 7) is 3.21. The summed E-state index contributed by atoms with van der Waals surface area (Å²) in [5.41, 5.74) is 9.59. The maximum absolute atomic E-state index is 13.9. The van der Waals surface area contributed by atoms with E-state index in [0.29, 0.717) is 43.1 Å². The lowest BCUT2D eigenvalue weighted by Crippen LogP contribution is -2.56. The van der Waals surface area contributed by atoms with Crippen LogP contribution in [0.25, 0.3) is 0 Å². The Labute approximate surface area is 306 Å². The molecule has 1 fully saturated rings. The number of hydrogen-bond donors (Lipinski definition) is 7. The highest BCUT2D eigenvalue weighted by Crippen LogP contribution is 2.16. The Morgan fingerprint density at radius 2 is 1.35 bits per heavy atom. The van der Waals surface area contributed by atoms with E-state index in [-0.39, 0.29) is 50.1 Å². The number of amidine groups is 1. The number of carbonyl (C=O) groups excluding carboxylic acids is 4. The summed E-state index contributed by atoms with van der Waals surface area (Å²) >= 11 is -1.71. The van der Waals surface area contributed by atoms with Crippen LogP contribution in [-0.2, 0) is 50.1 Å². The van der Waals surface area contributed by atoms with Gasteiger partial charge in [0.2, 0.25) is 23.6 Å². The summed E-state index contributed by atoms with van der Waals surface area (Å²) in [5, 5.41) is 19.2. The van der Waals surface area contributed by atoms with E-state index < -0.39 is 35.4 Å². The number of benzene rings is 3. The van der Waals surface area contributed by atoms with E-state index in [1.54, 1.807) is 86.9 Å². The Morgan fingerprint density at radius 3 is 1.83 bits per heavy atom. The summed E-state index contributed by atoms with van der Waals surface area (Å²) in [7, 11) is 3.23. The standard InChI is InChI=1S/C36H46N10O5S/c1-44(2)52(51)43-31-20-25-7-13-29(14-8-25)41-33(48)23-46-17-15-45(16-18-46)22-32(47)40-28-11-5-24(6-12-28)19-30(42-36(31)50)35(49)39-21-26-3-9-27(10-4-26)34(37)38/h3-14,30-31,43H,15-23H2,1-2H3,(H3,37,38)(H,39,49)(H,40,47)(H,41,48)(H,42,50)/t30-,31+,52?/m0/s1. The number of nitrogen functional groups attached to an aromatic ring is 1. The summed E-state index contributed by atoms with van der Waals surface area (Å²) < 4.78 is 17.2. The lowest BCUT2D eigenvalue weighted by molar-refractivity contribution is -0.129. The van der Waals surface area contributed by atoms with Crippen LogP contribution in [0.15, 0.2) is 72.8 Å². The predicted octanol–water partition coefficient (Wildman–Crippen LogP) is 0.164. The minimum absolute atomic E-state index is 0.0619. The number of piperazine rings is 1. The average Bonchev–Trinajstić information content (AvgIpc) is 3.12. The van der Waals surface area contributed by atoms with Gasteiger partial charge in [-0.2, -0.15) is 0 Å². The van der Waals surface area contributed by atoms with Crippen LogP contribution in [0, 0.1) is 5.41 Å². The van der Waals surface area contributed by atoms with Crippen molar-refractivity contribution < 1.29 is 23.7 Å². The second-order valence-corrected chi connectivity index (χ2v) is 14.5. The van der Waals surface area contributed by atoms with E-state index in [1.807, 2.05) is 0 Å². The third kappa shape index (κ3) is 11.3. The quantitative estimate of drug-likeness (QED) is 0.0995. The van der Waals surface area contributed by atoms with Gasteiger partial charge in [-0.25, -0.2) is 0 Å². The number of fused-ring (bicyclic) bond motifs is 1. The van der Waals surface area contributed by atoms with Gasteiger partial charge in [-0.15, -0.1) is 9.03 Å². The highest BCUT2D eigenvalue weighted by atomic mass is 32.2. The van der Waals surface area contributed by atoms with E-state index in [1.165, 1.54) is 4.31 Å². The molecular formula is C36H46N10O5S. The van der Waals surface area contributed by atoms with Gasteiger partial charge < -0.3 is 31.6 Å². The Bertz CT molecular complexity index is 1710. The summed E-state index contributed by atoms with van der Waals surface area (Å²) in [5.74, 6) is -1.35. The first-order chi connectivity index (χ1) is 24.9. The van der Waals surface area contributed by atoms with Gasteiger partial charge in [-0.1, -0.05) is 48.5 Å². The van der Waals surface area contributed by atoms with Gasteiger partial charge >= 0.3 is 0 Å². The minimum atomic E-state index is -1.71. The number of nitrogens with one attached hydrogen (secondary N) is 6. The van der Waals surface area contributed by atoms with Crippen LogP contribution < -0.4 is 31.7 Å². The molecule has 4 amide bonds. The van der Waals surface area contributed by atoms with Crippen LogP contribution in [0.5, 0.6) is 0 Å². The molecule has 6 aliphatic rings. The molecule has 0 radical (unpaired) electrons. The highest BCUT2D eigenvalue weighted by Gasteiger charge is 2.30. The molecule has 15 nitrogen and oxygen atoms in total. The molecule has 16 heteroatoms. The Hall–Kier alpha value is -4.84. The summed E-state index contributed by atoms with van der Waals surface area (Å²) in [4.78, 5) is 57.4. The zero-order valence-corrected chi connectivity index (χ0v) is 30.1. The molecule has 0 aromatic heterocycles. The van der Waals surface area contributed by atoms with Crippen molar-refractivity contribution in [2.75, 3.05) is 64.0 Å². The first-order valence-corrected chi connectivity index (χ1v) is 18.1. The fourth-order valence-electron chi connectivity index (χ4n) is 5.84. The number of anilines is 2. The largest absolute Gasteiger partial charge is 0.579 e. The van der Waals surface area contributed by atoms with Crippen molar-refractivity contribution in [3.05, 3.63) is 95.1 Å². The van der Waals surface area contributed by atoms with Crippen LogP contribution in [0.2, 0.25) is 0 Å². The lowest BCUT2D eigenvalue weighted by Gasteiger charge is -2.33. The first-order valence-electron chi connectivity index (χ1n) is 17.0. The molecule has 6 bridgehead atoms. The van der Waals surface area contributed by atoms with Crippen molar-refractivity contribution >= 4 is 52.4 Å². The molecule has 9 rings (SSSR count). The monoisotopic (exact) mass is 730 g/mol. The van der Waals surface area contributed by atoms with Crippen LogP contribution in [0.1, 0.15) is 22.3 Å². The second kappa shape index (κ2) is 18.1. The molecule has 3 atom stereocenters. The summed E-state index contributed by atoms with van der Waals surface area (Å²) in [6, 6.07) is 19.1. The third-order valence-corrected chi connectivity index (χ3v) is 9.96. The molecule has 1 saturated heterocycles. The number of carbonyl (C=O) groups is 4. The molecule has 6 aliphatic heterocycles. The molecule has 3 aromatic rings. The minimum Gasteiger partial charge on any atom is -0.579 e. The normalized spacial score (nSPS) is 22.2. The van der Waals surface area contributed by atoms with Gasteiger partial charge in [0.25, 0.3) is 0 Å². The van der Waals surface area contributed by atoms with Crippen molar-refractivity contribution in [2.24, 2.45) is 5.73 Å². The van der Waals surface area contributed by atoms with Crippen molar-refractivity contribution in [1.29, 1.82) is 5.41 Å². The van der Waals surface area contributed by atoms with Crippen LogP contribution in [-0.4, -0.2) is 114 Å². The topological polar surface area (TPSA) is 211 Å². The molecule has 1 unspecified atom stereocenters. The van der Waals surface area contributed by atoms with Crippen molar-refractivity contribution in [3.63, 3.8) is 0 Å². The maximum Gasteiger partial charge on any atom is 0.243 e. The molecule has 52 heavy (non-hydrogen) atoms. The van der Waals surface area contributed by atoms with Gasteiger partial charge in [0, 0.05) is 76.6 Å². The van der Waals surface area contributed by atoms with E-state index >= 15 is 0 Å². The average molecular weight is 731 g/mol. The van der Waals surface area contributed by atoms with Crippen molar-refractivity contribution in [1.82, 2.24) is 29.5 Å². The second-order valence-electron chi connectivity index (χ2n) is 13.1. The fraction of sp³-hybridized carbons (Fsp3) is 0.361. The van der Waals surface area contributed by atoms with Gasteiger partial charge in [-0.05, 0) is 41.0 Å². The van der Waals surface area contributed by atoms with Crippen LogP contribution in [0.3, 0.4) is 0 Å². The Kier molecular flexibility index (Phi) is 13.3. The molecule has 8 N–H and O–H groups in total. The first kappa shape index (κ1) is 38.4. The molecule has 6 heterocycles. The SMILES string of the molecule is CN(C)[S+]([O-])N[C@@H]1Cc2ccc(cc2)NC(=O)CN2CCN(CC2)CC(=O)Nc2ccc(cc2)C[C@@H](C(=O)NCc2ccc(C(=N)N)cc2)NC1=O. The van der Waals surface area contributed by atoms with Gasteiger partial charge in [0.1, 0.15) is 29.5 Å². The van der Waals surface area contributed by atoms with Gasteiger partial charge in [0.15, 0.2) is 0 Å². The maximum atomic E-state index is 13.9. The molecular weight excluding hydrogens is 685 g/mol. The van der Waals surface area contributed by atoms with E-state index in [4.69, 9.17) is 11.1 Å². The summed E-state index contributed by atoms with van der Waals surface area (Å²) in [6.07, 6.45) is 0.284. The van der Waals surface area contributed by atoms with E-state index in [9.17, 15) is 23.7 Å². The zero-order valence-electron chi connectivity index (χ0n) is 29.3. The van der Waals surface area contributed by atoms with Gasteiger partial charge in [-0.3, -0.25) is 34.4 Å². The Morgan fingerprint density at radius 1 is 0.846 bits per heavy atom. The highest BCUT2D eigenvalue weighted by molar-refractivity contribution is 7.87. The smallest absolute Gasteiger partial charge is 0.243 e. The zero-order chi connectivity index (χ0) is 37.2. The number of nitrogens with two attached hydrogens (primary N) is 1. The fourth-order valence-corrected chi connectivity index (χ4v) is 6.49. The molecule has 0 aliphatic carbocycles. The molecule has 3 aromatic carbocycles. The molecule has 0 saturated carbocycles. The number of rotatable bonds is 7. The van der Waals surface area contributed by atoms with Crippen LogP contribution in [0.4, 0.5) is 11.4 Å². The third-order valence-electron chi connectivity index (χ3n) is 8.81. The molecule has 0 spiro atoms. The van der Waals surface area contributed by atoms with Crippen molar-refractivity contribution in [3.8, 4) is 0 Å². The van der Waals surface area contributed by atoms with E-state index in [0.717, 1.165) is 16.7 Å². The number of nitrogens with zero attached hydrogens (tertiary/aromatic N) is 3. The van der Waals surface area contributed by atoms with E-state index in [2.05, 4.69) is 35.8 Å². The Balaban J connectivity index is 1.39. The number of hydrogen-bond acceptors (Lipinski definition) is 10. The predicted molar refractivity (Wildman–Crippen MR) is 200 cm³/mol. The number of amides is 4. The van der Waals surface area contributed by atoms with Crippen molar-refractivity contribution in [2.45, 2.75) is 31.5 Å². The molecule has 276 valence electrons. The van der Waals surface area contributed by atoms with Gasteiger partial charge in [0.05, 0.1) is 13.1 Å².